The van der Waals surface area contributed by atoms with Gasteiger partial charge in [0.05, 0.1) is 11.1 Å². The van der Waals surface area contributed by atoms with Crippen LogP contribution in [0.5, 0.6) is 0 Å². The molecule has 0 aliphatic carbocycles. The van der Waals surface area contributed by atoms with Crippen LogP contribution in [0.3, 0.4) is 0 Å². The predicted octanol–water partition coefficient (Wildman–Crippen LogP) is 1.92. The van der Waals surface area contributed by atoms with Gasteiger partial charge in [-0.1, -0.05) is 19.1 Å². The molecule has 0 aliphatic heterocycles. The second-order valence-corrected chi connectivity index (χ2v) is 3.94. The topological polar surface area (TPSA) is 95.1 Å². The molecule has 0 unspecified atom stereocenters. The minimum atomic E-state index is -1.14. The maximum Gasteiger partial charge on any atom is 0.336 e. The molecule has 2 aromatic rings. The molecule has 0 aliphatic rings. The third-order valence-corrected chi connectivity index (χ3v) is 2.66. The number of carbonyl (C=O) groups is 2. The molecular formula is C13H13N3O3. The van der Waals surface area contributed by atoms with E-state index in [9.17, 15) is 9.59 Å². The number of carbonyl (C=O) groups excluding carboxylic acids is 1. The molecule has 1 aromatic heterocycles. The molecule has 0 fully saturated rings. The number of anilines is 1. The van der Waals surface area contributed by atoms with Crippen LogP contribution in [0.25, 0.3) is 0 Å². The minimum absolute atomic E-state index is 0.0359. The van der Waals surface area contributed by atoms with Crippen LogP contribution in [0.4, 0.5) is 5.82 Å². The summed E-state index contributed by atoms with van der Waals surface area (Å²) in [6, 6.07) is 7.75. The second-order valence-electron chi connectivity index (χ2n) is 3.94. The molecule has 0 bridgehead atoms. The molecule has 2 rings (SSSR count). The summed E-state index contributed by atoms with van der Waals surface area (Å²) in [5, 5.41) is 18.3. The average Bonchev–Trinajstić information content (AvgIpc) is 2.86. The maximum absolute atomic E-state index is 12.0. The Morgan fingerprint density at radius 2 is 2.00 bits per heavy atom. The van der Waals surface area contributed by atoms with E-state index in [-0.39, 0.29) is 11.1 Å². The summed E-state index contributed by atoms with van der Waals surface area (Å²) in [6.45, 7) is 1.96. The number of aromatic amines is 1. The quantitative estimate of drug-likeness (QED) is 0.781. The minimum Gasteiger partial charge on any atom is -0.478 e. The summed E-state index contributed by atoms with van der Waals surface area (Å²) >= 11 is 0. The number of rotatable bonds is 4. The zero-order chi connectivity index (χ0) is 13.8. The zero-order valence-corrected chi connectivity index (χ0v) is 10.3. The number of carboxylic acids is 1. The van der Waals surface area contributed by atoms with Gasteiger partial charge in [0.25, 0.3) is 5.91 Å². The molecule has 98 valence electrons. The van der Waals surface area contributed by atoms with Crippen molar-refractivity contribution in [1.29, 1.82) is 0 Å². The smallest absolute Gasteiger partial charge is 0.336 e. The third kappa shape index (κ3) is 2.79. The molecule has 19 heavy (non-hydrogen) atoms. The number of hydrogen-bond acceptors (Lipinski definition) is 3. The molecule has 0 spiro atoms. The van der Waals surface area contributed by atoms with Crippen molar-refractivity contribution in [3.63, 3.8) is 0 Å². The summed E-state index contributed by atoms with van der Waals surface area (Å²) in [5.41, 5.74) is 0.962. The molecule has 0 saturated heterocycles. The highest BCUT2D eigenvalue weighted by Crippen LogP contribution is 2.12. The first-order chi connectivity index (χ1) is 9.11. The Labute approximate surface area is 109 Å². The van der Waals surface area contributed by atoms with Crippen LogP contribution >= 0.6 is 0 Å². The van der Waals surface area contributed by atoms with Gasteiger partial charge in [-0.2, -0.15) is 5.10 Å². The van der Waals surface area contributed by atoms with E-state index in [4.69, 9.17) is 5.11 Å². The molecule has 1 heterocycles. The third-order valence-electron chi connectivity index (χ3n) is 2.66. The van der Waals surface area contributed by atoms with E-state index in [2.05, 4.69) is 15.5 Å². The lowest BCUT2D eigenvalue weighted by Gasteiger charge is -2.05. The van der Waals surface area contributed by atoms with E-state index in [0.29, 0.717) is 5.82 Å². The molecular weight excluding hydrogens is 246 g/mol. The molecule has 0 radical (unpaired) electrons. The highest BCUT2D eigenvalue weighted by Gasteiger charge is 2.16. The first-order valence-electron chi connectivity index (χ1n) is 5.79. The lowest BCUT2D eigenvalue weighted by atomic mass is 10.1. The number of hydrogen-bond donors (Lipinski definition) is 3. The van der Waals surface area contributed by atoms with Crippen molar-refractivity contribution in [3.8, 4) is 0 Å². The van der Waals surface area contributed by atoms with Crippen molar-refractivity contribution < 1.29 is 14.7 Å². The van der Waals surface area contributed by atoms with Crippen molar-refractivity contribution in [1.82, 2.24) is 10.2 Å². The fourth-order valence-electron chi connectivity index (χ4n) is 1.66. The van der Waals surface area contributed by atoms with Crippen LogP contribution in [0.15, 0.2) is 30.3 Å². The zero-order valence-electron chi connectivity index (χ0n) is 10.3. The van der Waals surface area contributed by atoms with Crippen LogP contribution in [-0.4, -0.2) is 27.2 Å². The van der Waals surface area contributed by atoms with E-state index >= 15 is 0 Å². The van der Waals surface area contributed by atoms with Gasteiger partial charge in [-0.25, -0.2) is 4.79 Å². The number of carboxylic acid groups (broad SMARTS) is 1. The largest absolute Gasteiger partial charge is 0.478 e. The van der Waals surface area contributed by atoms with Gasteiger partial charge in [-0.3, -0.25) is 9.89 Å². The molecule has 3 N–H and O–H groups in total. The molecule has 0 saturated carbocycles. The Morgan fingerprint density at radius 3 is 2.58 bits per heavy atom. The van der Waals surface area contributed by atoms with Crippen molar-refractivity contribution in [2.45, 2.75) is 13.3 Å². The number of amides is 1. The molecule has 0 atom stereocenters. The summed E-state index contributed by atoms with van der Waals surface area (Å²) in [6.07, 6.45) is 0.772. The summed E-state index contributed by atoms with van der Waals surface area (Å²) in [7, 11) is 0. The van der Waals surface area contributed by atoms with E-state index in [1.807, 2.05) is 6.92 Å². The SMILES string of the molecule is CCc1cc(NC(=O)c2ccccc2C(=O)O)n[nH]1. The normalized spacial score (nSPS) is 10.2. The highest BCUT2D eigenvalue weighted by atomic mass is 16.4. The molecule has 6 heteroatoms. The number of aromatic nitrogens is 2. The summed E-state index contributed by atoms with van der Waals surface area (Å²) < 4.78 is 0. The van der Waals surface area contributed by atoms with Crippen molar-refractivity contribution in [3.05, 3.63) is 47.2 Å². The standard InChI is InChI=1S/C13H13N3O3/c1-2-8-7-11(16-15-8)14-12(17)9-5-3-4-6-10(9)13(18)19/h3-7H,2H2,1H3,(H,18,19)(H2,14,15,16,17). The number of nitrogens with zero attached hydrogens (tertiary/aromatic N) is 1. The lowest BCUT2D eigenvalue weighted by molar-refractivity contribution is 0.0692. The van der Waals surface area contributed by atoms with E-state index in [1.165, 1.54) is 12.1 Å². The second kappa shape index (κ2) is 5.34. The predicted molar refractivity (Wildman–Crippen MR) is 69.3 cm³/mol. The van der Waals surface area contributed by atoms with E-state index in [0.717, 1.165) is 12.1 Å². The van der Waals surface area contributed by atoms with Gasteiger partial charge in [-0.05, 0) is 18.6 Å². The number of nitrogens with one attached hydrogen (secondary N) is 2. The average molecular weight is 259 g/mol. The Balaban J connectivity index is 2.22. The highest BCUT2D eigenvalue weighted by molar-refractivity contribution is 6.10. The fraction of sp³-hybridized carbons (Fsp3) is 0.154. The number of benzene rings is 1. The van der Waals surface area contributed by atoms with Gasteiger partial charge < -0.3 is 10.4 Å². The van der Waals surface area contributed by atoms with Crippen molar-refractivity contribution in [2.24, 2.45) is 0 Å². The molecule has 1 amide bonds. The summed E-state index contributed by atoms with van der Waals surface area (Å²) in [5.74, 6) is -1.25. The van der Waals surface area contributed by atoms with E-state index < -0.39 is 11.9 Å². The van der Waals surface area contributed by atoms with Gasteiger partial charge in [-0.15, -0.1) is 0 Å². The van der Waals surface area contributed by atoms with Gasteiger partial charge in [0, 0.05) is 11.8 Å². The number of aromatic carboxylic acids is 1. The van der Waals surface area contributed by atoms with E-state index in [1.54, 1.807) is 18.2 Å². The lowest BCUT2D eigenvalue weighted by Crippen LogP contribution is -2.16. The van der Waals surface area contributed by atoms with Gasteiger partial charge >= 0.3 is 5.97 Å². The summed E-state index contributed by atoms with van der Waals surface area (Å²) in [4.78, 5) is 23.0. The van der Waals surface area contributed by atoms with Crippen molar-refractivity contribution in [2.75, 3.05) is 5.32 Å². The van der Waals surface area contributed by atoms with Crippen molar-refractivity contribution >= 4 is 17.7 Å². The first-order valence-corrected chi connectivity index (χ1v) is 5.79. The maximum atomic E-state index is 12.0. The Morgan fingerprint density at radius 1 is 1.32 bits per heavy atom. The first kappa shape index (κ1) is 12.8. The fourth-order valence-corrected chi connectivity index (χ4v) is 1.66. The van der Waals surface area contributed by atoms with Crippen LogP contribution in [0.2, 0.25) is 0 Å². The van der Waals surface area contributed by atoms with Gasteiger partial charge in [0.2, 0.25) is 0 Å². The molecule has 1 aromatic carbocycles. The number of aryl methyl sites for hydroxylation is 1. The van der Waals surface area contributed by atoms with Crippen LogP contribution < -0.4 is 5.32 Å². The van der Waals surface area contributed by atoms with Crippen LogP contribution in [0, 0.1) is 0 Å². The Hall–Kier alpha value is -2.63. The van der Waals surface area contributed by atoms with Gasteiger partial charge in [0.15, 0.2) is 5.82 Å². The van der Waals surface area contributed by atoms with Crippen LogP contribution in [-0.2, 0) is 6.42 Å². The monoisotopic (exact) mass is 259 g/mol. The van der Waals surface area contributed by atoms with Gasteiger partial charge in [0.1, 0.15) is 0 Å². The Bertz CT molecular complexity index is 619. The molecule has 6 nitrogen and oxygen atoms in total. The number of H-pyrrole nitrogens is 1. The van der Waals surface area contributed by atoms with Crippen LogP contribution in [0.1, 0.15) is 33.3 Å². The Kier molecular flexibility index (Phi) is 3.61.